The maximum absolute atomic E-state index is 13.7. The molecule has 0 radical (unpaired) electrons. The Hall–Kier alpha value is -2.01. The van der Waals surface area contributed by atoms with Gasteiger partial charge in [-0.15, -0.1) is 0 Å². The molecule has 0 fully saturated rings. The Bertz CT molecular complexity index is 599. The molecule has 0 aliphatic carbocycles. The summed E-state index contributed by atoms with van der Waals surface area (Å²) in [6.07, 6.45) is 0. The van der Waals surface area contributed by atoms with Gasteiger partial charge in [0, 0.05) is 17.7 Å². The van der Waals surface area contributed by atoms with E-state index in [0.29, 0.717) is 5.56 Å². The molecule has 2 aromatic rings. The minimum absolute atomic E-state index is 0.00546. The van der Waals surface area contributed by atoms with Gasteiger partial charge in [-0.05, 0) is 25.1 Å². The normalized spacial score (nSPS) is 12.3. The second-order valence-electron chi connectivity index (χ2n) is 4.12. The second kappa shape index (κ2) is 5.32. The van der Waals surface area contributed by atoms with Crippen molar-refractivity contribution >= 4 is 0 Å². The fourth-order valence-electron chi connectivity index (χ4n) is 1.65. The number of halogens is 3. The van der Waals surface area contributed by atoms with Crippen molar-refractivity contribution in [1.29, 1.82) is 0 Å². The fourth-order valence-corrected chi connectivity index (χ4v) is 1.65. The Morgan fingerprint density at radius 1 is 1.00 bits per heavy atom. The smallest absolute Gasteiger partial charge is 0.167 e. The van der Waals surface area contributed by atoms with Crippen molar-refractivity contribution in [3.8, 4) is 11.5 Å². The third kappa shape index (κ3) is 2.88. The molecule has 0 spiro atoms. The number of hydrogen-bond acceptors (Lipinski definition) is 2. The summed E-state index contributed by atoms with van der Waals surface area (Å²) in [5.41, 5.74) is 6.16. The summed E-state index contributed by atoms with van der Waals surface area (Å²) in [5, 5.41) is 0. The number of ether oxygens (including phenoxy) is 1. The van der Waals surface area contributed by atoms with E-state index in [1.165, 1.54) is 18.2 Å². The lowest BCUT2D eigenvalue weighted by molar-refractivity contribution is 0.424. The Balaban J connectivity index is 2.40. The van der Waals surface area contributed by atoms with E-state index in [0.717, 1.165) is 12.1 Å². The summed E-state index contributed by atoms with van der Waals surface area (Å²) in [4.78, 5) is 0. The molecule has 2 aromatic carbocycles. The lowest BCUT2D eigenvalue weighted by atomic mass is 10.1. The first-order valence-electron chi connectivity index (χ1n) is 5.66. The van der Waals surface area contributed by atoms with Gasteiger partial charge in [0.2, 0.25) is 0 Å². The molecule has 0 heterocycles. The number of benzene rings is 2. The van der Waals surface area contributed by atoms with Crippen LogP contribution in [0.3, 0.4) is 0 Å². The maximum atomic E-state index is 13.7. The molecule has 19 heavy (non-hydrogen) atoms. The van der Waals surface area contributed by atoms with E-state index in [1.807, 2.05) is 0 Å². The average Bonchev–Trinajstić information content (AvgIpc) is 2.36. The number of nitrogens with two attached hydrogens (primary N) is 1. The highest BCUT2D eigenvalue weighted by Crippen LogP contribution is 2.31. The zero-order valence-corrected chi connectivity index (χ0v) is 10.2. The van der Waals surface area contributed by atoms with Gasteiger partial charge in [-0.1, -0.05) is 12.1 Å². The number of para-hydroxylation sites is 1. The minimum atomic E-state index is -1.06. The van der Waals surface area contributed by atoms with E-state index < -0.39 is 23.5 Å². The molecule has 0 bridgehead atoms. The van der Waals surface area contributed by atoms with Crippen LogP contribution in [-0.4, -0.2) is 0 Å². The van der Waals surface area contributed by atoms with E-state index in [1.54, 1.807) is 13.0 Å². The van der Waals surface area contributed by atoms with Gasteiger partial charge in [0.15, 0.2) is 23.2 Å². The van der Waals surface area contributed by atoms with Gasteiger partial charge in [-0.25, -0.2) is 13.2 Å². The van der Waals surface area contributed by atoms with Crippen LogP contribution in [0.15, 0.2) is 36.4 Å². The van der Waals surface area contributed by atoms with Crippen molar-refractivity contribution in [2.45, 2.75) is 13.0 Å². The van der Waals surface area contributed by atoms with Crippen LogP contribution in [0.4, 0.5) is 13.2 Å². The van der Waals surface area contributed by atoms with Crippen molar-refractivity contribution in [1.82, 2.24) is 0 Å². The second-order valence-corrected chi connectivity index (χ2v) is 4.12. The number of hydrogen-bond donors (Lipinski definition) is 1. The number of rotatable bonds is 3. The first-order chi connectivity index (χ1) is 8.99. The quantitative estimate of drug-likeness (QED) is 0.914. The van der Waals surface area contributed by atoms with Crippen molar-refractivity contribution in [2.75, 3.05) is 0 Å². The van der Waals surface area contributed by atoms with Crippen LogP contribution in [0.25, 0.3) is 0 Å². The highest BCUT2D eigenvalue weighted by Gasteiger charge is 2.14. The largest absolute Gasteiger partial charge is 0.454 e. The third-order valence-corrected chi connectivity index (χ3v) is 2.60. The molecule has 100 valence electrons. The van der Waals surface area contributed by atoms with E-state index in [9.17, 15) is 13.2 Å². The molecule has 1 atom stereocenters. The van der Waals surface area contributed by atoms with E-state index in [4.69, 9.17) is 10.5 Å². The molecule has 0 saturated carbocycles. The maximum Gasteiger partial charge on any atom is 0.167 e. The molecule has 0 saturated heterocycles. The van der Waals surface area contributed by atoms with Crippen molar-refractivity contribution in [3.05, 3.63) is 59.4 Å². The monoisotopic (exact) mass is 267 g/mol. The third-order valence-electron chi connectivity index (χ3n) is 2.60. The van der Waals surface area contributed by atoms with Gasteiger partial charge in [-0.2, -0.15) is 0 Å². The minimum Gasteiger partial charge on any atom is -0.454 e. The van der Waals surface area contributed by atoms with Gasteiger partial charge >= 0.3 is 0 Å². The van der Waals surface area contributed by atoms with E-state index in [-0.39, 0.29) is 11.5 Å². The zero-order chi connectivity index (χ0) is 14.0. The van der Waals surface area contributed by atoms with Crippen LogP contribution in [0, 0.1) is 17.5 Å². The summed E-state index contributed by atoms with van der Waals surface area (Å²) in [6.45, 7) is 1.67. The summed E-state index contributed by atoms with van der Waals surface area (Å²) >= 11 is 0. The van der Waals surface area contributed by atoms with Crippen LogP contribution in [0.5, 0.6) is 11.5 Å². The van der Waals surface area contributed by atoms with Gasteiger partial charge in [0.05, 0.1) is 0 Å². The Morgan fingerprint density at radius 3 is 2.37 bits per heavy atom. The van der Waals surface area contributed by atoms with Gasteiger partial charge in [-0.3, -0.25) is 0 Å². The summed E-state index contributed by atoms with van der Waals surface area (Å²) in [7, 11) is 0. The van der Waals surface area contributed by atoms with Crippen LogP contribution in [0.1, 0.15) is 18.5 Å². The molecular formula is C14H12F3NO. The summed E-state index contributed by atoms with van der Waals surface area (Å²) in [5.74, 6) is -2.74. The zero-order valence-electron chi connectivity index (χ0n) is 10.2. The molecular weight excluding hydrogens is 255 g/mol. The van der Waals surface area contributed by atoms with E-state index in [2.05, 4.69) is 0 Å². The fraction of sp³-hybridized carbons (Fsp3) is 0.143. The Kier molecular flexibility index (Phi) is 3.76. The molecule has 0 aromatic heterocycles. The molecule has 0 aliphatic rings. The lowest BCUT2D eigenvalue weighted by Crippen LogP contribution is -2.07. The molecule has 0 amide bonds. The topological polar surface area (TPSA) is 35.2 Å². The summed E-state index contributed by atoms with van der Waals surface area (Å²) < 4.78 is 44.9. The first kappa shape index (κ1) is 13.4. The average molecular weight is 267 g/mol. The van der Waals surface area contributed by atoms with Gasteiger partial charge in [0.25, 0.3) is 0 Å². The van der Waals surface area contributed by atoms with Crippen molar-refractivity contribution in [3.63, 3.8) is 0 Å². The lowest BCUT2D eigenvalue weighted by Gasteiger charge is -2.14. The predicted octanol–water partition coefficient (Wildman–Crippen LogP) is 3.92. The standard InChI is InChI=1S/C14H12F3NO/c1-8(18)10-3-2-4-12(16)14(10)19-9-5-6-11(15)13(17)7-9/h2-8H,18H2,1H3. The molecule has 2 rings (SSSR count). The van der Waals surface area contributed by atoms with Crippen molar-refractivity contribution < 1.29 is 17.9 Å². The predicted molar refractivity (Wildman–Crippen MR) is 65.4 cm³/mol. The molecule has 2 nitrogen and oxygen atoms in total. The molecule has 5 heteroatoms. The summed E-state index contributed by atoms with van der Waals surface area (Å²) in [6, 6.07) is 6.87. The SMILES string of the molecule is CC(N)c1cccc(F)c1Oc1ccc(F)c(F)c1. The Morgan fingerprint density at radius 2 is 1.74 bits per heavy atom. The molecule has 1 unspecified atom stereocenters. The van der Waals surface area contributed by atoms with Gasteiger partial charge in [0.1, 0.15) is 5.75 Å². The van der Waals surface area contributed by atoms with Crippen molar-refractivity contribution in [2.24, 2.45) is 5.73 Å². The molecule has 0 aliphatic heterocycles. The van der Waals surface area contributed by atoms with Crippen LogP contribution >= 0.6 is 0 Å². The van der Waals surface area contributed by atoms with Crippen LogP contribution in [0.2, 0.25) is 0 Å². The van der Waals surface area contributed by atoms with E-state index >= 15 is 0 Å². The first-order valence-corrected chi connectivity index (χ1v) is 5.66. The van der Waals surface area contributed by atoms with Gasteiger partial charge < -0.3 is 10.5 Å². The Labute approximate surface area is 108 Å². The highest BCUT2D eigenvalue weighted by atomic mass is 19.2. The van der Waals surface area contributed by atoms with Crippen LogP contribution < -0.4 is 10.5 Å². The van der Waals surface area contributed by atoms with Crippen LogP contribution in [-0.2, 0) is 0 Å². The highest BCUT2D eigenvalue weighted by molar-refractivity contribution is 5.40. The molecule has 2 N–H and O–H groups in total.